The van der Waals surface area contributed by atoms with E-state index in [0.717, 1.165) is 6.07 Å². The average molecular weight is 314 g/mol. The minimum absolute atomic E-state index is 0.0919. The normalized spacial score (nSPS) is 14.0. The number of nitrogens with zero attached hydrogens (tertiary/aromatic N) is 4. The molecule has 0 atom stereocenters. The third kappa shape index (κ3) is 2.82. The molecule has 0 aromatic carbocycles. The van der Waals surface area contributed by atoms with Gasteiger partial charge in [-0.2, -0.15) is 5.26 Å². The minimum Gasteiger partial charge on any atom is -0.470 e. The van der Waals surface area contributed by atoms with E-state index in [2.05, 4.69) is 4.98 Å². The number of nitro groups is 1. The number of pyridine rings is 1. The van der Waals surface area contributed by atoms with Crippen molar-refractivity contribution in [1.29, 1.82) is 5.26 Å². The first kappa shape index (κ1) is 14.5. The molecule has 1 aliphatic rings. The standard InChI is InChI=1S/C14H10N4O5/c15-6-9-2-1-5-16-13(9)22-10-7-17(8-10)14(19)11-3-4-12(23-11)18(20)21/h1-5,10H,7-8H2. The summed E-state index contributed by atoms with van der Waals surface area (Å²) in [4.78, 5) is 27.3. The molecule has 0 aliphatic carbocycles. The zero-order chi connectivity index (χ0) is 16.4. The van der Waals surface area contributed by atoms with Crippen LogP contribution < -0.4 is 4.74 Å². The third-order valence-corrected chi connectivity index (χ3v) is 3.29. The van der Waals surface area contributed by atoms with Crippen molar-refractivity contribution >= 4 is 11.8 Å². The van der Waals surface area contributed by atoms with Gasteiger partial charge >= 0.3 is 5.88 Å². The summed E-state index contributed by atoms with van der Waals surface area (Å²) >= 11 is 0. The molecule has 0 N–H and O–H groups in total. The van der Waals surface area contributed by atoms with Crippen LogP contribution in [0, 0.1) is 21.4 Å². The number of amides is 1. The van der Waals surface area contributed by atoms with Gasteiger partial charge < -0.3 is 14.1 Å². The van der Waals surface area contributed by atoms with Crippen molar-refractivity contribution in [2.75, 3.05) is 13.1 Å². The second-order valence-electron chi connectivity index (χ2n) is 4.81. The van der Waals surface area contributed by atoms with Crippen LogP contribution in [0.1, 0.15) is 16.1 Å². The van der Waals surface area contributed by atoms with Gasteiger partial charge in [0.25, 0.3) is 5.91 Å². The first-order valence-electron chi connectivity index (χ1n) is 6.63. The first-order chi connectivity index (χ1) is 11.1. The van der Waals surface area contributed by atoms with Crippen molar-refractivity contribution < 1.29 is 18.9 Å². The molecule has 0 saturated carbocycles. The van der Waals surface area contributed by atoms with Gasteiger partial charge in [0, 0.05) is 6.20 Å². The zero-order valence-corrected chi connectivity index (χ0v) is 11.7. The zero-order valence-electron chi connectivity index (χ0n) is 11.7. The predicted molar refractivity (Wildman–Crippen MR) is 74.6 cm³/mol. The molecule has 23 heavy (non-hydrogen) atoms. The van der Waals surface area contributed by atoms with Gasteiger partial charge in [-0.25, -0.2) is 4.98 Å². The van der Waals surface area contributed by atoms with Crippen LogP contribution in [-0.4, -0.2) is 39.9 Å². The minimum atomic E-state index is -0.705. The van der Waals surface area contributed by atoms with E-state index in [1.807, 2.05) is 6.07 Å². The monoisotopic (exact) mass is 314 g/mol. The molecule has 0 spiro atoms. The lowest BCUT2D eigenvalue weighted by atomic mass is 10.1. The van der Waals surface area contributed by atoms with Crippen molar-refractivity contribution in [3.8, 4) is 11.9 Å². The second kappa shape index (κ2) is 5.76. The van der Waals surface area contributed by atoms with Gasteiger partial charge in [-0.1, -0.05) is 0 Å². The summed E-state index contributed by atoms with van der Waals surface area (Å²) in [5.74, 6) is -0.792. The summed E-state index contributed by atoms with van der Waals surface area (Å²) in [6.07, 6.45) is 1.23. The van der Waals surface area contributed by atoms with Crippen LogP contribution in [0.15, 0.2) is 34.9 Å². The highest BCUT2D eigenvalue weighted by Crippen LogP contribution is 2.23. The van der Waals surface area contributed by atoms with Gasteiger partial charge in [0.05, 0.1) is 19.2 Å². The molecule has 116 valence electrons. The molecule has 1 fully saturated rings. The van der Waals surface area contributed by atoms with Crippen molar-refractivity contribution in [3.63, 3.8) is 0 Å². The number of likely N-dealkylation sites (tertiary alicyclic amines) is 1. The van der Waals surface area contributed by atoms with E-state index >= 15 is 0 Å². The van der Waals surface area contributed by atoms with Crippen LogP contribution in [0.2, 0.25) is 0 Å². The molecule has 2 aromatic rings. The molecular weight excluding hydrogens is 304 g/mol. The Bertz CT molecular complexity index is 803. The number of carbonyl (C=O) groups is 1. The molecule has 0 radical (unpaired) electrons. The van der Waals surface area contributed by atoms with Crippen LogP contribution in [-0.2, 0) is 0 Å². The summed E-state index contributed by atoms with van der Waals surface area (Å²) in [7, 11) is 0. The molecule has 9 heteroatoms. The van der Waals surface area contributed by atoms with E-state index in [9.17, 15) is 14.9 Å². The molecule has 9 nitrogen and oxygen atoms in total. The number of carbonyl (C=O) groups excluding carboxylic acids is 1. The fourth-order valence-corrected chi connectivity index (χ4v) is 2.10. The van der Waals surface area contributed by atoms with Crippen molar-refractivity contribution in [1.82, 2.24) is 9.88 Å². The number of nitriles is 1. The van der Waals surface area contributed by atoms with Crippen molar-refractivity contribution in [3.05, 3.63) is 51.9 Å². The Morgan fingerprint density at radius 3 is 2.91 bits per heavy atom. The molecule has 3 rings (SSSR count). The largest absolute Gasteiger partial charge is 0.470 e. The molecule has 1 saturated heterocycles. The van der Waals surface area contributed by atoms with Crippen molar-refractivity contribution in [2.45, 2.75) is 6.10 Å². The Hall–Kier alpha value is -3.41. The summed E-state index contributed by atoms with van der Waals surface area (Å²) in [6.45, 7) is 0.573. The summed E-state index contributed by atoms with van der Waals surface area (Å²) in [5, 5.41) is 19.5. The fraction of sp³-hybridized carbons (Fsp3) is 0.214. The van der Waals surface area contributed by atoms with E-state index in [0.29, 0.717) is 5.56 Å². The van der Waals surface area contributed by atoms with E-state index in [1.165, 1.54) is 17.2 Å². The highest BCUT2D eigenvalue weighted by Gasteiger charge is 2.35. The lowest BCUT2D eigenvalue weighted by Gasteiger charge is -2.38. The van der Waals surface area contributed by atoms with Crippen LogP contribution in [0.5, 0.6) is 5.88 Å². The van der Waals surface area contributed by atoms with E-state index in [1.54, 1.807) is 12.1 Å². The molecule has 0 bridgehead atoms. The maximum Gasteiger partial charge on any atom is 0.433 e. The van der Waals surface area contributed by atoms with E-state index in [4.69, 9.17) is 14.4 Å². The predicted octanol–water partition coefficient (Wildman–Crippen LogP) is 1.36. The Kier molecular flexibility index (Phi) is 3.64. The van der Waals surface area contributed by atoms with Gasteiger partial charge in [0.1, 0.15) is 22.7 Å². The van der Waals surface area contributed by atoms with Crippen LogP contribution in [0.3, 0.4) is 0 Å². The van der Waals surface area contributed by atoms with Crippen LogP contribution in [0.4, 0.5) is 5.88 Å². The Balaban J connectivity index is 1.59. The number of aromatic nitrogens is 1. The number of ether oxygens (including phenoxy) is 1. The molecule has 0 unspecified atom stereocenters. The Morgan fingerprint density at radius 2 is 2.26 bits per heavy atom. The van der Waals surface area contributed by atoms with E-state index in [-0.39, 0.29) is 30.8 Å². The maximum absolute atomic E-state index is 12.1. The number of furan rings is 1. The topological polar surface area (TPSA) is 123 Å². The summed E-state index contributed by atoms with van der Waals surface area (Å²) < 4.78 is 10.4. The van der Waals surface area contributed by atoms with Gasteiger partial charge in [0.15, 0.2) is 5.76 Å². The van der Waals surface area contributed by atoms with Gasteiger partial charge in [-0.05, 0) is 18.2 Å². The van der Waals surface area contributed by atoms with Gasteiger partial charge in [-0.15, -0.1) is 0 Å². The second-order valence-corrected chi connectivity index (χ2v) is 4.81. The quantitative estimate of drug-likeness (QED) is 0.616. The highest BCUT2D eigenvalue weighted by molar-refractivity contribution is 5.92. The Morgan fingerprint density at radius 1 is 1.48 bits per heavy atom. The van der Waals surface area contributed by atoms with Crippen LogP contribution in [0.25, 0.3) is 0 Å². The third-order valence-electron chi connectivity index (χ3n) is 3.29. The fourth-order valence-electron chi connectivity index (χ4n) is 2.10. The molecule has 2 aromatic heterocycles. The average Bonchev–Trinajstić information content (AvgIpc) is 3.00. The number of hydrogen-bond donors (Lipinski definition) is 0. The lowest BCUT2D eigenvalue weighted by molar-refractivity contribution is -0.402. The number of rotatable bonds is 4. The number of hydrogen-bond acceptors (Lipinski definition) is 7. The maximum atomic E-state index is 12.1. The summed E-state index contributed by atoms with van der Waals surface area (Å²) in [6, 6.07) is 7.59. The molecule has 1 aliphatic heterocycles. The molecular formula is C14H10N4O5. The van der Waals surface area contributed by atoms with Crippen LogP contribution >= 0.6 is 0 Å². The lowest BCUT2D eigenvalue weighted by Crippen LogP contribution is -2.56. The van der Waals surface area contributed by atoms with E-state index < -0.39 is 16.7 Å². The van der Waals surface area contributed by atoms with Crippen molar-refractivity contribution in [2.24, 2.45) is 0 Å². The first-order valence-corrected chi connectivity index (χ1v) is 6.63. The SMILES string of the molecule is N#Cc1cccnc1OC1CN(C(=O)c2ccc([N+](=O)[O-])o2)C1. The smallest absolute Gasteiger partial charge is 0.433 e. The van der Waals surface area contributed by atoms with Gasteiger partial charge in [-0.3, -0.25) is 14.9 Å². The molecule has 1 amide bonds. The summed E-state index contributed by atoms with van der Waals surface area (Å²) in [5.41, 5.74) is 0.318. The molecule has 3 heterocycles. The Labute approximate surface area is 129 Å². The van der Waals surface area contributed by atoms with Gasteiger partial charge in [0.2, 0.25) is 5.88 Å². The highest BCUT2D eigenvalue weighted by atomic mass is 16.6.